The fourth-order valence-corrected chi connectivity index (χ4v) is 4.25. The maximum absolute atomic E-state index is 12.4. The van der Waals surface area contributed by atoms with Gasteiger partial charge in [-0.2, -0.15) is 0 Å². The van der Waals surface area contributed by atoms with Gasteiger partial charge in [0, 0.05) is 13.1 Å². The molecule has 0 heterocycles. The molecule has 0 bridgehead atoms. The van der Waals surface area contributed by atoms with Crippen LogP contribution in [-0.4, -0.2) is 37.1 Å². The molecule has 2 N–H and O–H groups in total. The zero-order valence-corrected chi connectivity index (χ0v) is 26.1. The number of ether oxygens (including phenoxy) is 2. The number of hydrogen-bond donors (Lipinski definition) is 2. The fourth-order valence-electron chi connectivity index (χ4n) is 4.25. The molecule has 6 heteroatoms. The molecule has 0 aliphatic carbocycles. The standard InChI is InChI=1S/C34H52N2O4/c1-25(39-29-19-15-27(16-20-29)33(3,4)5)31(37)35-23-13-11-9-10-12-14-24-36-32(38)26(2)40-30-21-17-28(18-22-30)34(6,7)8/h15-22,25-26H,9-14,23-24H2,1-8H3,(H,35,37)(H,36,38). The van der Waals surface area contributed by atoms with Crippen molar-refractivity contribution in [3.63, 3.8) is 0 Å². The Morgan fingerprint density at radius 2 is 0.875 bits per heavy atom. The van der Waals surface area contributed by atoms with E-state index in [-0.39, 0.29) is 22.6 Å². The molecule has 2 atom stereocenters. The zero-order chi connectivity index (χ0) is 29.8. The number of hydrogen-bond acceptors (Lipinski definition) is 4. The van der Waals surface area contributed by atoms with E-state index in [4.69, 9.17) is 9.47 Å². The van der Waals surface area contributed by atoms with Crippen LogP contribution < -0.4 is 20.1 Å². The first-order valence-electron chi connectivity index (χ1n) is 14.9. The Hall–Kier alpha value is -3.02. The van der Waals surface area contributed by atoms with Crippen LogP contribution in [-0.2, 0) is 20.4 Å². The molecule has 40 heavy (non-hydrogen) atoms. The summed E-state index contributed by atoms with van der Waals surface area (Å²) in [6, 6.07) is 15.9. The number of nitrogens with one attached hydrogen (secondary N) is 2. The van der Waals surface area contributed by atoms with E-state index < -0.39 is 12.2 Å². The summed E-state index contributed by atoms with van der Waals surface area (Å²) in [5.41, 5.74) is 2.65. The van der Waals surface area contributed by atoms with Gasteiger partial charge in [0.2, 0.25) is 0 Å². The molecule has 2 amide bonds. The molecule has 2 aromatic rings. The van der Waals surface area contributed by atoms with Gasteiger partial charge in [-0.05, 0) is 72.9 Å². The normalized spacial score (nSPS) is 13.3. The lowest BCUT2D eigenvalue weighted by Gasteiger charge is -2.20. The average molecular weight is 553 g/mol. The highest BCUT2D eigenvalue weighted by molar-refractivity contribution is 5.81. The molecule has 2 unspecified atom stereocenters. The molecule has 0 aromatic heterocycles. The quantitative estimate of drug-likeness (QED) is 0.231. The number of benzene rings is 2. The third-order valence-corrected chi connectivity index (χ3v) is 7.01. The third kappa shape index (κ3) is 12.0. The number of carbonyl (C=O) groups excluding carboxylic acids is 2. The highest BCUT2D eigenvalue weighted by Crippen LogP contribution is 2.25. The second-order valence-electron chi connectivity index (χ2n) is 12.8. The van der Waals surface area contributed by atoms with Crippen LogP contribution in [0.3, 0.4) is 0 Å². The van der Waals surface area contributed by atoms with E-state index in [9.17, 15) is 9.59 Å². The first-order chi connectivity index (χ1) is 18.8. The molecular formula is C34H52N2O4. The molecule has 0 fully saturated rings. The molecule has 0 saturated carbocycles. The first-order valence-corrected chi connectivity index (χ1v) is 14.9. The predicted octanol–water partition coefficient (Wildman–Crippen LogP) is 7.09. The molecule has 0 saturated heterocycles. The highest BCUT2D eigenvalue weighted by atomic mass is 16.5. The summed E-state index contributed by atoms with van der Waals surface area (Å²) in [5.74, 6) is 1.24. The van der Waals surface area contributed by atoms with Crippen molar-refractivity contribution in [2.45, 2.75) is 117 Å². The average Bonchev–Trinajstić information content (AvgIpc) is 2.89. The van der Waals surface area contributed by atoms with Gasteiger partial charge in [0.1, 0.15) is 11.5 Å². The van der Waals surface area contributed by atoms with Crippen LogP contribution in [0, 0.1) is 0 Å². The van der Waals surface area contributed by atoms with Crippen molar-refractivity contribution in [1.82, 2.24) is 10.6 Å². The zero-order valence-electron chi connectivity index (χ0n) is 26.1. The molecule has 222 valence electrons. The lowest BCUT2D eigenvalue weighted by molar-refractivity contribution is -0.127. The topological polar surface area (TPSA) is 76.7 Å². The highest BCUT2D eigenvalue weighted by Gasteiger charge is 2.17. The molecular weight excluding hydrogens is 500 g/mol. The lowest BCUT2D eigenvalue weighted by atomic mass is 9.87. The smallest absolute Gasteiger partial charge is 0.260 e. The molecule has 6 nitrogen and oxygen atoms in total. The molecule has 0 aliphatic rings. The molecule has 0 aliphatic heterocycles. The van der Waals surface area contributed by atoms with Crippen molar-refractivity contribution in [3.05, 3.63) is 59.7 Å². The van der Waals surface area contributed by atoms with Crippen molar-refractivity contribution >= 4 is 11.8 Å². The van der Waals surface area contributed by atoms with Gasteiger partial charge in [-0.1, -0.05) is 91.5 Å². The van der Waals surface area contributed by atoms with E-state index in [1.54, 1.807) is 13.8 Å². The summed E-state index contributed by atoms with van der Waals surface area (Å²) in [6.45, 7) is 17.9. The Morgan fingerprint density at radius 3 is 1.18 bits per heavy atom. The predicted molar refractivity (Wildman–Crippen MR) is 164 cm³/mol. The van der Waals surface area contributed by atoms with E-state index in [0.717, 1.165) is 38.5 Å². The SMILES string of the molecule is CC(Oc1ccc(C(C)(C)C)cc1)C(=O)NCCCCCCCCNC(=O)C(C)Oc1ccc(C(C)(C)C)cc1. The number of rotatable bonds is 15. The summed E-state index contributed by atoms with van der Waals surface area (Å²) in [4.78, 5) is 24.7. The van der Waals surface area contributed by atoms with Crippen molar-refractivity contribution in [1.29, 1.82) is 0 Å². The van der Waals surface area contributed by atoms with Crippen LogP contribution in [0.25, 0.3) is 0 Å². The largest absolute Gasteiger partial charge is 0.481 e. The molecule has 2 aromatic carbocycles. The number of unbranched alkanes of at least 4 members (excludes halogenated alkanes) is 5. The molecule has 0 spiro atoms. The van der Waals surface area contributed by atoms with Gasteiger partial charge in [0.25, 0.3) is 11.8 Å². The van der Waals surface area contributed by atoms with E-state index in [1.807, 2.05) is 24.3 Å². The van der Waals surface area contributed by atoms with Crippen LogP contribution in [0.15, 0.2) is 48.5 Å². The maximum atomic E-state index is 12.4. The van der Waals surface area contributed by atoms with Gasteiger partial charge in [0.15, 0.2) is 12.2 Å². The van der Waals surface area contributed by atoms with Gasteiger partial charge in [0.05, 0.1) is 0 Å². The monoisotopic (exact) mass is 552 g/mol. The van der Waals surface area contributed by atoms with E-state index >= 15 is 0 Å². The minimum absolute atomic E-state index is 0.0873. The second-order valence-corrected chi connectivity index (χ2v) is 12.8. The van der Waals surface area contributed by atoms with Crippen molar-refractivity contribution in [2.75, 3.05) is 13.1 Å². The summed E-state index contributed by atoms with van der Waals surface area (Å²) >= 11 is 0. The number of carbonyl (C=O) groups is 2. The Balaban J connectivity index is 1.49. The van der Waals surface area contributed by atoms with Crippen LogP contribution in [0.1, 0.15) is 105 Å². The van der Waals surface area contributed by atoms with Gasteiger partial charge < -0.3 is 20.1 Å². The van der Waals surface area contributed by atoms with Crippen molar-refractivity contribution in [2.24, 2.45) is 0 Å². The Labute approximate surface area is 242 Å². The van der Waals surface area contributed by atoms with E-state index in [2.05, 4.69) is 76.4 Å². The second kappa shape index (κ2) is 15.7. The van der Waals surface area contributed by atoms with E-state index in [0.29, 0.717) is 24.6 Å². The minimum Gasteiger partial charge on any atom is -0.481 e. The third-order valence-electron chi connectivity index (χ3n) is 7.01. The van der Waals surface area contributed by atoms with Crippen molar-refractivity contribution in [3.8, 4) is 11.5 Å². The van der Waals surface area contributed by atoms with Gasteiger partial charge in [-0.25, -0.2) is 0 Å². The maximum Gasteiger partial charge on any atom is 0.260 e. The van der Waals surface area contributed by atoms with E-state index in [1.165, 1.54) is 11.1 Å². The first kappa shape index (κ1) is 33.2. The fraction of sp³-hybridized carbons (Fsp3) is 0.588. The van der Waals surface area contributed by atoms with Crippen LogP contribution in [0.5, 0.6) is 11.5 Å². The molecule has 0 radical (unpaired) electrons. The summed E-state index contributed by atoms with van der Waals surface area (Å²) in [5, 5.41) is 5.95. The van der Waals surface area contributed by atoms with Gasteiger partial charge in [-0.15, -0.1) is 0 Å². The van der Waals surface area contributed by atoms with Crippen molar-refractivity contribution < 1.29 is 19.1 Å². The number of amides is 2. The Bertz CT molecular complexity index is 948. The van der Waals surface area contributed by atoms with Crippen LogP contribution >= 0.6 is 0 Å². The van der Waals surface area contributed by atoms with Gasteiger partial charge >= 0.3 is 0 Å². The summed E-state index contributed by atoms with van der Waals surface area (Å²) in [7, 11) is 0. The van der Waals surface area contributed by atoms with Crippen LogP contribution in [0.2, 0.25) is 0 Å². The summed E-state index contributed by atoms with van der Waals surface area (Å²) in [6.07, 6.45) is 5.18. The lowest BCUT2D eigenvalue weighted by Crippen LogP contribution is -2.36. The van der Waals surface area contributed by atoms with Crippen LogP contribution in [0.4, 0.5) is 0 Å². The Morgan fingerprint density at radius 1 is 0.575 bits per heavy atom. The Kier molecular flexibility index (Phi) is 13.0. The summed E-state index contributed by atoms with van der Waals surface area (Å²) < 4.78 is 11.6. The molecule has 2 rings (SSSR count). The minimum atomic E-state index is -0.530. The van der Waals surface area contributed by atoms with Gasteiger partial charge in [-0.3, -0.25) is 9.59 Å².